The highest BCUT2D eigenvalue weighted by Gasteiger charge is 2.24. The number of hydrogen-bond donors (Lipinski definition) is 2. The summed E-state index contributed by atoms with van der Waals surface area (Å²) in [5.41, 5.74) is 3.90. The van der Waals surface area contributed by atoms with Gasteiger partial charge in [-0.15, -0.1) is 0 Å². The summed E-state index contributed by atoms with van der Waals surface area (Å²) in [5.74, 6) is -0.894. The van der Waals surface area contributed by atoms with Gasteiger partial charge in [-0.2, -0.15) is 0 Å². The maximum Gasteiger partial charge on any atom is 0.337 e. The summed E-state index contributed by atoms with van der Waals surface area (Å²) in [6, 6.07) is 0. The fourth-order valence-electron chi connectivity index (χ4n) is 2.14. The van der Waals surface area contributed by atoms with E-state index in [0.717, 1.165) is 35.4 Å². The zero-order valence-electron chi connectivity index (χ0n) is 8.40. The molecule has 5 nitrogen and oxygen atoms in total. The van der Waals surface area contributed by atoms with Crippen molar-refractivity contribution in [2.45, 2.75) is 12.8 Å². The molecule has 2 aromatic heterocycles. The molecule has 3 rings (SSSR count). The SMILES string of the molecule is O=C(O)c1c[nH]c2c1CCc1cncnc1-2. The molecule has 0 bridgehead atoms. The van der Waals surface area contributed by atoms with Crippen LogP contribution in [0.4, 0.5) is 0 Å². The molecule has 2 N–H and O–H groups in total. The first-order chi connectivity index (χ1) is 7.77. The third-order valence-electron chi connectivity index (χ3n) is 2.89. The summed E-state index contributed by atoms with van der Waals surface area (Å²) in [4.78, 5) is 22.2. The third kappa shape index (κ3) is 1.14. The van der Waals surface area contributed by atoms with Gasteiger partial charge in [-0.05, 0) is 24.0 Å². The van der Waals surface area contributed by atoms with Crippen molar-refractivity contribution < 1.29 is 9.90 Å². The number of H-pyrrole nitrogens is 1. The van der Waals surface area contributed by atoms with Crippen LogP contribution in [-0.2, 0) is 12.8 Å². The largest absolute Gasteiger partial charge is 0.478 e. The van der Waals surface area contributed by atoms with Crippen molar-refractivity contribution >= 4 is 5.97 Å². The first kappa shape index (κ1) is 9.08. The fraction of sp³-hybridized carbons (Fsp3) is 0.182. The van der Waals surface area contributed by atoms with E-state index in [9.17, 15) is 4.79 Å². The van der Waals surface area contributed by atoms with Crippen LogP contribution in [0.15, 0.2) is 18.7 Å². The molecule has 2 heterocycles. The monoisotopic (exact) mass is 215 g/mol. The van der Waals surface area contributed by atoms with Crippen molar-refractivity contribution in [3.05, 3.63) is 35.4 Å². The highest BCUT2D eigenvalue weighted by Crippen LogP contribution is 2.32. The van der Waals surface area contributed by atoms with E-state index >= 15 is 0 Å². The van der Waals surface area contributed by atoms with Gasteiger partial charge >= 0.3 is 5.97 Å². The van der Waals surface area contributed by atoms with E-state index < -0.39 is 5.97 Å². The van der Waals surface area contributed by atoms with Crippen LogP contribution < -0.4 is 0 Å². The van der Waals surface area contributed by atoms with E-state index in [4.69, 9.17) is 5.11 Å². The van der Waals surface area contributed by atoms with Crippen LogP contribution in [0.5, 0.6) is 0 Å². The normalized spacial score (nSPS) is 13.0. The minimum atomic E-state index is -0.894. The second kappa shape index (κ2) is 3.16. The quantitative estimate of drug-likeness (QED) is 0.750. The Balaban J connectivity index is 2.23. The summed E-state index contributed by atoms with van der Waals surface area (Å²) >= 11 is 0. The summed E-state index contributed by atoms with van der Waals surface area (Å²) in [6.45, 7) is 0. The molecular formula is C11H9N3O2. The molecule has 0 spiro atoms. The predicted molar refractivity (Wildman–Crippen MR) is 56.2 cm³/mol. The van der Waals surface area contributed by atoms with E-state index in [1.54, 1.807) is 6.20 Å². The lowest BCUT2D eigenvalue weighted by Gasteiger charge is -2.14. The Labute approximate surface area is 91.2 Å². The molecule has 0 atom stereocenters. The van der Waals surface area contributed by atoms with Crippen LogP contribution in [0.2, 0.25) is 0 Å². The Hall–Kier alpha value is -2.17. The van der Waals surface area contributed by atoms with Crippen molar-refractivity contribution in [1.29, 1.82) is 0 Å². The van der Waals surface area contributed by atoms with Crippen molar-refractivity contribution in [2.75, 3.05) is 0 Å². The number of aromatic nitrogens is 3. The van der Waals surface area contributed by atoms with E-state index in [0.29, 0.717) is 5.56 Å². The first-order valence-corrected chi connectivity index (χ1v) is 5.00. The lowest BCUT2D eigenvalue weighted by atomic mass is 9.93. The smallest absolute Gasteiger partial charge is 0.337 e. The molecule has 0 saturated carbocycles. The molecule has 5 heteroatoms. The van der Waals surface area contributed by atoms with Gasteiger partial charge in [-0.1, -0.05) is 0 Å². The number of hydrogen-bond acceptors (Lipinski definition) is 3. The van der Waals surface area contributed by atoms with E-state index in [1.807, 2.05) is 0 Å². The van der Waals surface area contributed by atoms with Gasteiger partial charge in [0.25, 0.3) is 0 Å². The molecule has 2 aromatic rings. The molecule has 0 amide bonds. The number of carbonyl (C=O) groups is 1. The lowest BCUT2D eigenvalue weighted by molar-refractivity contribution is 0.0696. The van der Waals surface area contributed by atoms with Gasteiger partial charge in [0, 0.05) is 12.4 Å². The van der Waals surface area contributed by atoms with Crippen LogP contribution >= 0.6 is 0 Å². The first-order valence-electron chi connectivity index (χ1n) is 5.00. The maximum atomic E-state index is 11.0. The molecule has 1 aliphatic carbocycles. The molecule has 0 aliphatic heterocycles. The molecule has 1 aliphatic rings. The topological polar surface area (TPSA) is 78.9 Å². The van der Waals surface area contributed by atoms with Gasteiger partial charge in [0.15, 0.2) is 0 Å². The molecule has 0 saturated heterocycles. The van der Waals surface area contributed by atoms with Crippen LogP contribution in [0.1, 0.15) is 21.5 Å². The highest BCUT2D eigenvalue weighted by atomic mass is 16.4. The average molecular weight is 215 g/mol. The van der Waals surface area contributed by atoms with Gasteiger partial charge in [0.1, 0.15) is 6.33 Å². The average Bonchev–Trinajstić information content (AvgIpc) is 2.73. The Bertz CT molecular complexity index is 574. The van der Waals surface area contributed by atoms with Gasteiger partial charge in [0.2, 0.25) is 0 Å². The lowest BCUT2D eigenvalue weighted by Crippen LogP contribution is -2.08. The van der Waals surface area contributed by atoms with Crippen LogP contribution in [0.3, 0.4) is 0 Å². The number of carboxylic acids is 1. The molecule has 0 radical (unpaired) electrons. The van der Waals surface area contributed by atoms with E-state index in [-0.39, 0.29) is 0 Å². The number of nitrogens with one attached hydrogen (secondary N) is 1. The molecule has 0 aromatic carbocycles. The van der Waals surface area contributed by atoms with Crippen molar-refractivity contribution in [2.24, 2.45) is 0 Å². The predicted octanol–water partition coefficient (Wildman–Crippen LogP) is 1.27. The minimum Gasteiger partial charge on any atom is -0.478 e. The number of aryl methyl sites for hydroxylation is 1. The van der Waals surface area contributed by atoms with Gasteiger partial charge in [-0.3, -0.25) is 0 Å². The van der Waals surface area contributed by atoms with Crippen LogP contribution in [-0.4, -0.2) is 26.0 Å². The van der Waals surface area contributed by atoms with E-state index in [1.165, 1.54) is 12.5 Å². The Morgan fingerprint density at radius 2 is 2.31 bits per heavy atom. The third-order valence-corrected chi connectivity index (χ3v) is 2.89. The number of aromatic amines is 1. The number of nitrogens with zero attached hydrogens (tertiary/aromatic N) is 2. The summed E-state index contributed by atoms with van der Waals surface area (Å²) < 4.78 is 0. The van der Waals surface area contributed by atoms with E-state index in [2.05, 4.69) is 15.0 Å². The zero-order valence-corrected chi connectivity index (χ0v) is 8.40. The second-order valence-electron chi connectivity index (χ2n) is 3.76. The van der Waals surface area contributed by atoms with Crippen molar-refractivity contribution in [1.82, 2.24) is 15.0 Å². The zero-order chi connectivity index (χ0) is 11.1. The van der Waals surface area contributed by atoms with Gasteiger partial charge in [-0.25, -0.2) is 14.8 Å². The Kier molecular flexibility index (Phi) is 1.80. The Morgan fingerprint density at radius 1 is 1.44 bits per heavy atom. The molecular weight excluding hydrogens is 206 g/mol. The van der Waals surface area contributed by atoms with Crippen molar-refractivity contribution in [3.63, 3.8) is 0 Å². The van der Waals surface area contributed by atoms with Crippen LogP contribution in [0.25, 0.3) is 11.4 Å². The number of fused-ring (bicyclic) bond motifs is 3. The summed E-state index contributed by atoms with van der Waals surface area (Å²) in [6.07, 6.45) is 6.31. The molecule has 80 valence electrons. The fourth-order valence-corrected chi connectivity index (χ4v) is 2.14. The maximum absolute atomic E-state index is 11.0. The standard InChI is InChI=1S/C11H9N3O2/c15-11(16)8-4-13-10-7(8)2-1-6-3-12-5-14-9(6)10/h3-5,13H,1-2H2,(H,15,16). The molecule has 0 unspecified atom stereocenters. The Morgan fingerprint density at radius 3 is 3.12 bits per heavy atom. The van der Waals surface area contributed by atoms with Gasteiger partial charge in [0.05, 0.1) is 17.0 Å². The number of carboxylic acid groups (broad SMARTS) is 1. The second-order valence-corrected chi connectivity index (χ2v) is 3.76. The number of aromatic carboxylic acids is 1. The number of rotatable bonds is 1. The van der Waals surface area contributed by atoms with Crippen molar-refractivity contribution in [3.8, 4) is 11.4 Å². The van der Waals surface area contributed by atoms with Crippen LogP contribution in [0, 0.1) is 0 Å². The highest BCUT2D eigenvalue weighted by molar-refractivity contribution is 5.92. The minimum absolute atomic E-state index is 0.347. The summed E-state index contributed by atoms with van der Waals surface area (Å²) in [7, 11) is 0. The molecule has 0 fully saturated rings. The van der Waals surface area contributed by atoms with Gasteiger partial charge < -0.3 is 10.1 Å². The molecule has 16 heavy (non-hydrogen) atoms. The summed E-state index contributed by atoms with van der Waals surface area (Å²) in [5, 5.41) is 9.02.